The predicted molar refractivity (Wildman–Crippen MR) is 53.8 cm³/mol. The van der Waals surface area contributed by atoms with Crippen LogP contribution in [-0.4, -0.2) is 20.1 Å². The van der Waals surface area contributed by atoms with Crippen molar-refractivity contribution in [2.24, 2.45) is 0 Å². The largest absolute Gasteiger partial charge is 0.493 e. The van der Waals surface area contributed by atoms with E-state index in [9.17, 15) is 4.79 Å². The number of nitrogens with one attached hydrogen (secondary N) is 1. The van der Waals surface area contributed by atoms with Crippen molar-refractivity contribution >= 4 is 12.1 Å². The molecule has 0 saturated heterocycles. The van der Waals surface area contributed by atoms with Gasteiger partial charge in [0.2, 0.25) is 6.41 Å². The Bertz CT molecular complexity index is 312. The van der Waals surface area contributed by atoms with E-state index < -0.39 is 0 Å². The molecule has 0 unspecified atom stereocenters. The van der Waals surface area contributed by atoms with Crippen molar-refractivity contribution < 1.29 is 14.3 Å². The first-order valence-electron chi connectivity index (χ1n) is 4.32. The molecule has 0 spiro atoms. The molecule has 0 saturated carbocycles. The lowest BCUT2D eigenvalue weighted by Crippen LogP contribution is -1.98. The van der Waals surface area contributed by atoms with E-state index in [1.807, 2.05) is 6.92 Å². The van der Waals surface area contributed by atoms with Gasteiger partial charge in [-0.2, -0.15) is 0 Å². The van der Waals surface area contributed by atoms with Gasteiger partial charge >= 0.3 is 0 Å². The summed E-state index contributed by atoms with van der Waals surface area (Å²) in [6.45, 7) is 2.48. The van der Waals surface area contributed by atoms with Crippen LogP contribution in [0.1, 0.15) is 6.92 Å². The Morgan fingerprint density at radius 2 is 2.21 bits per heavy atom. The van der Waals surface area contributed by atoms with Crippen molar-refractivity contribution in [3.8, 4) is 11.5 Å². The van der Waals surface area contributed by atoms with Crippen LogP contribution in [0.3, 0.4) is 0 Å². The molecular formula is C10H13NO3. The number of ether oxygens (including phenoxy) is 2. The van der Waals surface area contributed by atoms with E-state index in [0.29, 0.717) is 30.2 Å². The van der Waals surface area contributed by atoms with Crippen molar-refractivity contribution in [1.29, 1.82) is 0 Å². The first kappa shape index (κ1) is 10.4. The first-order valence-corrected chi connectivity index (χ1v) is 4.32. The lowest BCUT2D eigenvalue weighted by Gasteiger charge is -2.10. The predicted octanol–water partition coefficient (Wildman–Crippen LogP) is 1.66. The molecule has 0 bridgehead atoms. The summed E-state index contributed by atoms with van der Waals surface area (Å²) in [6.07, 6.45) is 0.620. The highest BCUT2D eigenvalue weighted by Crippen LogP contribution is 2.29. The molecule has 14 heavy (non-hydrogen) atoms. The highest BCUT2D eigenvalue weighted by atomic mass is 16.5. The topological polar surface area (TPSA) is 47.6 Å². The summed E-state index contributed by atoms with van der Waals surface area (Å²) >= 11 is 0. The third-order valence-electron chi connectivity index (χ3n) is 1.69. The highest BCUT2D eigenvalue weighted by molar-refractivity contribution is 5.72. The minimum absolute atomic E-state index is 0.580. The van der Waals surface area contributed by atoms with Gasteiger partial charge in [0, 0.05) is 11.8 Å². The van der Waals surface area contributed by atoms with Crippen molar-refractivity contribution in [2.75, 3.05) is 19.0 Å². The van der Waals surface area contributed by atoms with Crippen LogP contribution in [0.25, 0.3) is 0 Å². The summed E-state index contributed by atoms with van der Waals surface area (Å²) in [5.41, 5.74) is 0.681. The number of amides is 1. The smallest absolute Gasteiger partial charge is 0.211 e. The summed E-state index contributed by atoms with van der Waals surface area (Å²) in [6, 6.07) is 5.22. The third kappa shape index (κ3) is 2.39. The molecule has 0 aliphatic rings. The molecule has 0 aromatic heterocycles. The third-order valence-corrected chi connectivity index (χ3v) is 1.69. The summed E-state index contributed by atoms with van der Waals surface area (Å²) < 4.78 is 10.4. The number of benzene rings is 1. The fourth-order valence-corrected chi connectivity index (χ4v) is 1.10. The summed E-state index contributed by atoms with van der Waals surface area (Å²) in [5.74, 6) is 1.28. The minimum atomic E-state index is 0.580. The molecule has 76 valence electrons. The van der Waals surface area contributed by atoms with Gasteiger partial charge in [-0.3, -0.25) is 4.79 Å². The number of carbonyl (C=O) groups is 1. The van der Waals surface area contributed by atoms with Crippen LogP contribution in [0.15, 0.2) is 18.2 Å². The van der Waals surface area contributed by atoms with Crippen LogP contribution in [0.5, 0.6) is 11.5 Å². The van der Waals surface area contributed by atoms with E-state index in [0.717, 1.165) is 0 Å². The van der Waals surface area contributed by atoms with Crippen molar-refractivity contribution in [3.05, 3.63) is 18.2 Å². The Morgan fingerprint density at radius 1 is 1.43 bits per heavy atom. The molecule has 0 fully saturated rings. The standard InChI is InChI=1S/C10H13NO3/c1-3-14-9-5-4-8(11-7-12)6-10(9)13-2/h4-7H,3H2,1-2H3,(H,11,12). The molecule has 0 aliphatic carbocycles. The van der Waals surface area contributed by atoms with Gasteiger partial charge in [0.1, 0.15) is 0 Å². The van der Waals surface area contributed by atoms with Crippen molar-refractivity contribution in [3.63, 3.8) is 0 Å². The van der Waals surface area contributed by atoms with Gasteiger partial charge in [-0.05, 0) is 19.1 Å². The fourth-order valence-electron chi connectivity index (χ4n) is 1.10. The lowest BCUT2D eigenvalue weighted by molar-refractivity contribution is -0.105. The van der Waals surface area contributed by atoms with Crippen LogP contribution < -0.4 is 14.8 Å². The first-order chi connectivity index (χ1) is 6.81. The van der Waals surface area contributed by atoms with Gasteiger partial charge in [0.25, 0.3) is 0 Å². The zero-order chi connectivity index (χ0) is 10.4. The second-order valence-corrected chi connectivity index (χ2v) is 2.56. The SMILES string of the molecule is CCOc1ccc(NC=O)cc1OC. The molecule has 1 aromatic carbocycles. The van der Waals surface area contributed by atoms with E-state index >= 15 is 0 Å². The van der Waals surface area contributed by atoms with E-state index in [4.69, 9.17) is 9.47 Å². The molecule has 4 heteroatoms. The molecule has 0 heterocycles. The maximum Gasteiger partial charge on any atom is 0.211 e. The average molecular weight is 195 g/mol. The normalized spacial score (nSPS) is 9.29. The van der Waals surface area contributed by atoms with Gasteiger partial charge in [0.15, 0.2) is 11.5 Å². The Hall–Kier alpha value is -1.71. The van der Waals surface area contributed by atoms with Crippen molar-refractivity contribution in [1.82, 2.24) is 0 Å². The number of hydrogen-bond donors (Lipinski definition) is 1. The van der Waals surface area contributed by atoms with Crippen LogP contribution in [0.4, 0.5) is 5.69 Å². The molecule has 0 atom stereocenters. The van der Waals surface area contributed by atoms with Gasteiger partial charge < -0.3 is 14.8 Å². The van der Waals surface area contributed by atoms with E-state index in [1.54, 1.807) is 25.3 Å². The van der Waals surface area contributed by atoms with E-state index in [2.05, 4.69) is 5.32 Å². The van der Waals surface area contributed by atoms with Crippen molar-refractivity contribution in [2.45, 2.75) is 6.92 Å². The van der Waals surface area contributed by atoms with Gasteiger partial charge in [-0.25, -0.2) is 0 Å². The Balaban J connectivity index is 2.92. The quantitative estimate of drug-likeness (QED) is 0.727. The molecule has 1 aromatic rings. The van der Waals surface area contributed by atoms with E-state index in [1.165, 1.54) is 0 Å². The summed E-state index contributed by atoms with van der Waals surface area (Å²) in [7, 11) is 1.56. The molecule has 0 radical (unpaired) electrons. The van der Waals surface area contributed by atoms with Crippen LogP contribution in [0.2, 0.25) is 0 Å². The summed E-state index contributed by atoms with van der Waals surface area (Å²) in [5, 5.41) is 2.54. The summed E-state index contributed by atoms with van der Waals surface area (Å²) in [4.78, 5) is 10.2. The van der Waals surface area contributed by atoms with Gasteiger partial charge in [-0.15, -0.1) is 0 Å². The number of methoxy groups -OCH3 is 1. The van der Waals surface area contributed by atoms with Gasteiger partial charge in [0.05, 0.1) is 13.7 Å². The lowest BCUT2D eigenvalue weighted by atomic mass is 10.3. The molecule has 1 rings (SSSR count). The molecule has 1 N–H and O–H groups in total. The van der Waals surface area contributed by atoms with Crippen LogP contribution in [0, 0.1) is 0 Å². The monoisotopic (exact) mass is 195 g/mol. The number of carbonyl (C=O) groups excluding carboxylic acids is 1. The second-order valence-electron chi connectivity index (χ2n) is 2.56. The number of hydrogen-bond acceptors (Lipinski definition) is 3. The Labute approximate surface area is 82.8 Å². The minimum Gasteiger partial charge on any atom is -0.493 e. The zero-order valence-corrected chi connectivity index (χ0v) is 8.24. The average Bonchev–Trinajstić information content (AvgIpc) is 2.21. The van der Waals surface area contributed by atoms with E-state index in [-0.39, 0.29) is 0 Å². The fraction of sp³-hybridized carbons (Fsp3) is 0.300. The zero-order valence-electron chi connectivity index (χ0n) is 8.24. The maximum absolute atomic E-state index is 10.2. The Morgan fingerprint density at radius 3 is 2.79 bits per heavy atom. The highest BCUT2D eigenvalue weighted by Gasteiger charge is 2.04. The molecule has 1 amide bonds. The molecular weight excluding hydrogens is 182 g/mol. The number of anilines is 1. The molecule has 4 nitrogen and oxygen atoms in total. The second kappa shape index (κ2) is 5.11. The van der Waals surface area contributed by atoms with Crippen LogP contribution in [-0.2, 0) is 4.79 Å². The maximum atomic E-state index is 10.2. The number of rotatable bonds is 5. The van der Waals surface area contributed by atoms with Gasteiger partial charge in [-0.1, -0.05) is 0 Å². The van der Waals surface area contributed by atoms with Crippen LogP contribution >= 0.6 is 0 Å². The Kier molecular flexibility index (Phi) is 3.79. The molecule has 0 aliphatic heterocycles.